The summed E-state index contributed by atoms with van der Waals surface area (Å²) in [5.74, 6) is -1.49. The number of aliphatic hydroxyl groups is 1. The Balaban J connectivity index is 1.96. The Morgan fingerprint density at radius 1 is 1.14 bits per heavy atom. The highest BCUT2D eigenvalue weighted by Crippen LogP contribution is 2.38. The van der Waals surface area contributed by atoms with Crippen LogP contribution in [0, 0.1) is 30.1 Å². The minimum absolute atomic E-state index is 0.00916. The van der Waals surface area contributed by atoms with Crippen LogP contribution in [-0.2, 0) is 33.3 Å². The van der Waals surface area contributed by atoms with Gasteiger partial charge in [0.2, 0.25) is 5.91 Å². The zero-order valence-corrected chi connectivity index (χ0v) is 28.0. The van der Waals surface area contributed by atoms with E-state index in [1.807, 2.05) is 39.9 Å². The Hall–Kier alpha value is -1.63. The molecule has 3 aliphatic rings. The maximum Gasteiger partial charge on any atom is 0.319 e. The molecule has 1 radical (unpaired) electrons. The second-order valence-corrected chi connectivity index (χ2v) is 14.1. The number of Topliss-reactive ketones (excluding diaryl/α,β-unsaturated/α-hetero) is 1. The van der Waals surface area contributed by atoms with Crippen LogP contribution in [0.25, 0.3) is 0 Å². The van der Waals surface area contributed by atoms with Crippen molar-refractivity contribution < 1.29 is 38.4 Å². The van der Waals surface area contributed by atoms with Crippen LogP contribution in [0.1, 0.15) is 60.8 Å². The molecule has 11 heteroatoms. The molecule has 0 unspecified atom stereocenters. The molecule has 0 aliphatic carbocycles. The number of cyclic esters (lactones) is 1. The molecule has 3 saturated heterocycles. The van der Waals surface area contributed by atoms with Gasteiger partial charge in [0.25, 0.3) is 0 Å². The number of hydrogen-bond donors (Lipinski definition) is 1. The number of ether oxygens (including phenoxy) is 4. The standard InChI is InChI=1S/C32H56N3O8/c1-12-25(36)35-16-22(17-35)24-18-41-30(39)31(5,6)27(38)21(4)28(32(7,40-11)14-19(2)15-34(24)10)43-29-26(37)23(33(8)9)13-20(3)42-29/h19-24,26,28-29,37H,1,12-18H2,2-11H3/t19-,20-,21+,23+,24+,26-,28-,29+,32-/m1/s1. The molecule has 247 valence electrons. The predicted molar refractivity (Wildman–Crippen MR) is 162 cm³/mol. The molecule has 0 aromatic carbocycles. The van der Waals surface area contributed by atoms with Crippen molar-refractivity contribution in [2.24, 2.45) is 23.2 Å². The first kappa shape index (κ1) is 35.8. The number of hydrogen-bond acceptors (Lipinski definition) is 10. The largest absolute Gasteiger partial charge is 0.463 e. The molecule has 0 bridgehead atoms. The van der Waals surface area contributed by atoms with Crippen molar-refractivity contribution in [3.05, 3.63) is 6.92 Å². The number of ketones is 1. The summed E-state index contributed by atoms with van der Waals surface area (Å²) in [4.78, 5) is 45.7. The van der Waals surface area contributed by atoms with Gasteiger partial charge in [-0.3, -0.25) is 19.3 Å². The van der Waals surface area contributed by atoms with Gasteiger partial charge >= 0.3 is 5.97 Å². The number of likely N-dealkylation sites (N-methyl/N-ethyl adjacent to an activating group) is 2. The molecule has 43 heavy (non-hydrogen) atoms. The summed E-state index contributed by atoms with van der Waals surface area (Å²) in [6, 6.07) is -0.314. The van der Waals surface area contributed by atoms with Crippen LogP contribution >= 0.6 is 0 Å². The molecular formula is C32H56N3O8. The molecule has 11 nitrogen and oxygen atoms in total. The van der Waals surface area contributed by atoms with E-state index in [-0.39, 0.29) is 54.7 Å². The molecule has 3 rings (SSSR count). The first-order valence-electron chi connectivity index (χ1n) is 15.7. The third-order valence-electron chi connectivity index (χ3n) is 9.94. The van der Waals surface area contributed by atoms with Crippen molar-refractivity contribution in [1.82, 2.24) is 14.7 Å². The lowest BCUT2D eigenvalue weighted by molar-refractivity contribution is -0.295. The van der Waals surface area contributed by atoms with Gasteiger partial charge in [-0.2, -0.15) is 0 Å². The lowest BCUT2D eigenvalue weighted by Gasteiger charge is -2.47. The van der Waals surface area contributed by atoms with Crippen LogP contribution in [0.4, 0.5) is 0 Å². The molecule has 9 atom stereocenters. The highest BCUT2D eigenvalue weighted by Gasteiger charge is 2.52. The first-order chi connectivity index (χ1) is 20.0. The normalized spacial score (nSPS) is 39.0. The Morgan fingerprint density at radius 2 is 1.77 bits per heavy atom. The van der Waals surface area contributed by atoms with E-state index in [0.717, 1.165) is 0 Å². The van der Waals surface area contributed by atoms with E-state index < -0.39 is 41.4 Å². The van der Waals surface area contributed by atoms with Gasteiger partial charge in [0.05, 0.1) is 17.8 Å². The average Bonchev–Trinajstić information content (AvgIpc) is 2.91. The highest BCUT2D eigenvalue weighted by molar-refractivity contribution is 6.04. The molecule has 1 amide bonds. The number of rotatable bonds is 6. The lowest BCUT2D eigenvalue weighted by Crippen LogP contribution is -2.60. The van der Waals surface area contributed by atoms with Crippen LogP contribution in [0.2, 0.25) is 0 Å². The number of likely N-dealkylation sites (tertiary alicyclic amines) is 1. The first-order valence-corrected chi connectivity index (χ1v) is 15.7. The average molecular weight is 611 g/mol. The maximum atomic E-state index is 14.1. The number of aliphatic hydroxyl groups excluding tert-OH is 1. The minimum Gasteiger partial charge on any atom is -0.463 e. The van der Waals surface area contributed by atoms with E-state index in [4.69, 9.17) is 18.9 Å². The number of nitrogens with zero attached hydrogens (tertiary/aromatic N) is 3. The fourth-order valence-corrected chi connectivity index (χ4v) is 7.18. The summed E-state index contributed by atoms with van der Waals surface area (Å²) in [6.07, 6.45) is -1.53. The van der Waals surface area contributed by atoms with Crippen molar-refractivity contribution in [2.75, 3.05) is 54.5 Å². The van der Waals surface area contributed by atoms with Gasteiger partial charge in [-0.05, 0) is 74.5 Å². The van der Waals surface area contributed by atoms with Crippen LogP contribution in [0.15, 0.2) is 0 Å². The number of carbonyl (C=O) groups excluding carboxylic acids is 3. The third kappa shape index (κ3) is 7.79. The summed E-state index contributed by atoms with van der Waals surface area (Å²) in [5, 5.41) is 11.3. The van der Waals surface area contributed by atoms with Crippen LogP contribution in [-0.4, -0.2) is 134 Å². The molecule has 3 heterocycles. The van der Waals surface area contributed by atoms with Gasteiger partial charge in [0.1, 0.15) is 18.1 Å². The Labute approximate surface area is 258 Å². The van der Waals surface area contributed by atoms with Gasteiger partial charge in [0, 0.05) is 57.1 Å². The predicted octanol–water partition coefficient (Wildman–Crippen LogP) is 2.00. The highest BCUT2D eigenvalue weighted by atomic mass is 16.7. The van der Waals surface area contributed by atoms with Gasteiger partial charge < -0.3 is 33.9 Å². The summed E-state index contributed by atoms with van der Waals surface area (Å²) in [7, 11) is 7.43. The molecule has 3 fully saturated rings. The molecule has 1 N–H and O–H groups in total. The van der Waals surface area contributed by atoms with E-state index in [2.05, 4.69) is 18.7 Å². The summed E-state index contributed by atoms with van der Waals surface area (Å²) in [6.45, 7) is 16.6. The van der Waals surface area contributed by atoms with Gasteiger partial charge in [-0.15, -0.1) is 0 Å². The topological polar surface area (TPSA) is 118 Å². The number of methoxy groups -OCH3 is 1. The van der Waals surface area contributed by atoms with E-state index in [1.165, 1.54) is 0 Å². The minimum atomic E-state index is -1.46. The number of carbonyl (C=O) groups is 3. The lowest BCUT2D eigenvalue weighted by atomic mass is 9.74. The summed E-state index contributed by atoms with van der Waals surface area (Å²) in [5.41, 5.74) is -2.41. The van der Waals surface area contributed by atoms with E-state index >= 15 is 0 Å². The van der Waals surface area contributed by atoms with Crippen LogP contribution in [0.3, 0.4) is 0 Å². The molecule has 3 aliphatic heterocycles. The fourth-order valence-electron chi connectivity index (χ4n) is 7.18. The quantitative estimate of drug-likeness (QED) is 0.354. The maximum absolute atomic E-state index is 14.1. The Morgan fingerprint density at radius 3 is 2.33 bits per heavy atom. The van der Waals surface area contributed by atoms with Crippen LogP contribution < -0.4 is 0 Å². The molecule has 0 aromatic rings. The molecular weight excluding hydrogens is 554 g/mol. The second kappa shape index (κ2) is 14.2. The summed E-state index contributed by atoms with van der Waals surface area (Å²) < 4.78 is 24.7. The van der Waals surface area contributed by atoms with Crippen molar-refractivity contribution in [1.29, 1.82) is 0 Å². The van der Waals surface area contributed by atoms with Crippen molar-refractivity contribution in [2.45, 2.75) is 103 Å². The van der Waals surface area contributed by atoms with Gasteiger partial charge in [-0.1, -0.05) is 13.8 Å². The van der Waals surface area contributed by atoms with E-state index in [1.54, 1.807) is 32.8 Å². The van der Waals surface area contributed by atoms with Crippen molar-refractivity contribution >= 4 is 17.7 Å². The van der Waals surface area contributed by atoms with Gasteiger partial charge in [0.15, 0.2) is 12.1 Å². The monoisotopic (exact) mass is 610 g/mol. The number of esters is 1. The van der Waals surface area contributed by atoms with E-state index in [0.29, 0.717) is 32.5 Å². The molecule has 0 saturated carbocycles. The van der Waals surface area contributed by atoms with Crippen LogP contribution in [0.5, 0.6) is 0 Å². The molecule has 0 spiro atoms. The smallest absolute Gasteiger partial charge is 0.319 e. The number of amides is 1. The Kier molecular flexibility index (Phi) is 11.8. The SMILES string of the molecule is [CH2]CC(=O)N1CC([C@@H]2COC(=O)C(C)(C)C(=O)[C@H](C)[C@@H](O[C@@H]3O[C@H](C)C[C@H](N(C)C)[C@H]3O)[C@](C)(OC)C[C@@H](C)CN2C)C1. The van der Waals surface area contributed by atoms with E-state index in [9.17, 15) is 19.5 Å². The molecule has 0 aromatic heterocycles. The zero-order chi connectivity index (χ0) is 32.4. The second-order valence-electron chi connectivity index (χ2n) is 14.1. The zero-order valence-electron chi connectivity index (χ0n) is 28.0. The van der Waals surface area contributed by atoms with Gasteiger partial charge in [-0.25, -0.2) is 0 Å². The van der Waals surface area contributed by atoms with Crippen molar-refractivity contribution in [3.8, 4) is 0 Å². The summed E-state index contributed by atoms with van der Waals surface area (Å²) >= 11 is 0. The fraction of sp³-hybridized carbons (Fsp3) is 0.875. The van der Waals surface area contributed by atoms with Crippen molar-refractivity contribution in [3.63, 3.8) is 0 Å². The Bertz CT molecular complexity index is 986. The third-order valence-corrected chi connectivity index (χ3v) is 9.94.